The van der Waals surface area contributed by atoms with Crippen molar-refractivity contribution in [2.45, 2.75) is 126 Å². The minimum Gasteiger partial charge on any atom is -0.508 e. The number of aliphatic hydroxyl groups is 1. The second kappa shape index (κ2) is 34.2. The van der Waals surface area contributed by atoms with E-state index in [1.165, 1.54) is 56.2 Å². The van der Waals surface area contributed by atoms with Crippen LogP contribution in [-0.4, -0.2) is 173 Å². The van der Waals surface area contributed by atoms with Gasteiger partial charge in [-0.15, -0.1) is 0 Å². The Hall–Kier alpha value is -10.2. The van der Waals surface area contributed by atoms with Crippen LogP contribution in [0.4, 0.5) is 0 Å². The van der Waals surface area contributed by atoms with Crippen molar-refractivity contribution >= 4 is 70.1 Å². The largest absolute Gasteiger partial charge is 0.508 e. The third kappa shape index (κ3) is 21.9. The van der Waals surface area contributed by atoms with Gasteiger partial charge in [-0.1, -0.05) is 60.7 Å². The molecule has 0 bridgehead atoms. The number of phenols is 1. The van der Waals surface area contributed by atoms with E-state index in [0.717, 1.165) is 0 Å². The molecule has 0 saturated heterocycles. The van der Waals surface area contributed by atoms with Gasteiger partial charge in [0.2, 0.25) is 47.3 Å². The number of amides is 8. The molecule has 6 aromatic rings. The number of carboxylic acids is 1. The summed E-state index contributed by atoms with van der Waals surface area (Å²) in [5, 5.41) is 61.9. The molecule has 0 fully saturated rings. The number of H-pyrrole nitrogens is 3. The molecule has 0 radical (unpaired) electrons. The molecule has 0 saturated carbocycles. The van der Waals surface area contributed by atoms with E-state index in [9.17, 15) is 53.7 Å². The van der Waals surface area contributed by atoms with Gasteiger partial charge in [-0.25, -0.2) is 14.8 Å². The summed E-state index contributed by atoms with van der Waals surface area (Å²) >= 11 is 0. The van der Waals surface area contributed by atoms with Crippen LogP contribution in [0.5, 0.6) is 5.75 Å². The lowest BCUT2D eigenvalue weighted by molar-refractivity contribution is -0.142. The highest BCUT2D eigenvalue weighted by molar-refractivity contribution is 5.98. The molecule has 30 nitrogen and oxygen atoms in total. The lowest BCUT2D eigenvalue weighted by Gasteiger charge is -2.28. The number of aromatic nitrogens is 5. The summed E-state index contributed by atoms with van der Waals surface area (Å²) < 4.78 is 0. The maximum Gasteiger partial charge on any atom is 0.326 e. The molecule has 3 aromatic carbocycles. The first-order valence-corrected chi connectivity index (χ1v) is 28.8. The summed E-state index contributed by atoms with van der Waals surface area (Å²) in [5.41, 5.74) is 19.8. The van der Waals surface area contributed by atoms with Crippen LogP contribution in [0, 0.1) is 5.41 Å². The molecule has 3 heterocycles. The molecule has 9 atom stereocenters. The first kappa shape index (κ1) is 67.9. The van der Waals surface area contributed by atoms with E-state index in [0.29, 0.717) is 52.7 Å². The van der Waals surface area contributed by atoms with Crippen LogP contribution in [0.25, 0.3) is 10.9 Å². The van der Waals surface area contributed by atoms with E-state index in [4.69, 9.17) is 22.6 Å². The van der Waals surface area contributed by atoms with Crippen molar-refractivity contribution in [3.05, 3.63) is 138 Å². The molecule has 8 amide bonds. The minimum absolute atomic E-state index is 0.0527. The number of aliphatic carboxylic acids is 1. The third-order valence-corrected chi connectivity index (χ3v) is 14.3. The number of rotatable bonds is 36. The normalized spacial score (nSPS) is 14.2. The fraction of sp³-hybridized carbons (Fsp3) is 0.390. The SMILES string of the molecule is C[C@@H](O)[C@H](N)C(=O)NCC(=O)N[C@@H](Cc1ccc(O)cc1)C(=O)N[C@@H](CCCNC(=N)N)C(=O)N[C@H](Cc1c[nH]cn1)C(=O)N[C@@H](Cc1ccccc1)C(=O)N[C@@H](Cc1c[nH]c2ccccc12)C(=O)N[C@H](Cc1c[nH]cn1)C(=O)N[C@@H](CCCCN)C(=O)O. The number of aliphatic hydroxyl groups excluding tert-OH is 1. The Morgan fingerprint density at radius 1 is 0.562 bits per heavy atom. The van der Waals surface area contributed by atoms with E-state index in [1.807, 2.05) is 18.2 Å². The van der Waals surface area contributed by atoms with Gasteiger partial charge in [0, 0.05) is 68.1 Å². The highest BCUT2D eigenvalue weighted by Crippen LogP contribution is 2.20. The Morgan fingerprint density at radius 2 is 1.04 bits per heavy atom. The monoisotopic (exact) mass is 1230 g/mol. The van der Waals surface area contributed by atoms with Crippen molar-refractivity contribution in [3.63, 3.8) is 0 Å². The molecule has 30 heteroatoms. The topological polar surface area (TPSA) is 498 Å². The summed E-state index contributed by atoms with van der Waals surface area (Å²) in [6.45, 7) is 0.985. The fourth-order valence-electron chi connectivity index (χ4n) is 9.44. The van der Waals surface area contributed by atoms with Crippen LogP contribution >= 0.6 is 0 Å². The van der Waals surface area contributed by atoms with Gasteiger partial charge in [0.1, 0.15) is 54.1 Å². The van der Waals surface area contributed by atoms with Crippen LogP contribution in [0.1, 0.15) is 67.1 Å². The second-order valence-electron chi connectivity index (χ2n) is 21.2. The Morgan fingerprint density at radius 3 is 1.57 bits per heavy atom. The van der Waals surface area contributed by atoms with Gasteiger partial charge in [-0.3, -0.25) is 43.8 Å². The van der Waals surface area contributed by atoms with Gasteiger partial charge in [0.15, 0.2) is 5.96 Å². The summed E-state index contributed by atoms with van der Waals surface area (Å²) in [6, 6.07) is 10.0. The molecule has 0 aliphatic rings. The number of nitrogens with one attached hydrogen (secondary N) is 13. The number of nitrogens with zero attached hydrogens (tertiary/aromatic N) is 2. The quantitative estimate of drug-likeness (QED) is 0.0110. The number of nitrogens with two attached hydrogens (primary N) is 3. The van der Waals surface area contributed by atoms with Crippen molar-refractivity contribution < 1.29 is 58.5 Å². The number of fused-ring (bicyclic) bond motifs is 1. The Kier molecular flexibility index (Phi) is 26.1. The number of phenolic OH excluding ortho intramolecular Hbond substituents is 1. The number of aromatic amines is 3. The maximum atomic E-state index is 15.1. The van der Waals surface area contributed by atoms with Gasteiger partial charge in [0.25, 0.3) is 0 Å². The molecule has 0 unspecified atom stereocenters. The van der Waals surface area contributed by atoms with E-state index in [2.05, 4.69) is 72.8 Å². The van der Waals surface area contributed by atoms with Crippen LogP contribution in [0.15, 0.2) is 110 Å². The van der Waals surface area contributed by atoms with Crippen molar-refractivity contribution in [3.8, 4) is 5.75 Å². The number of carbonyl (C=O) groups is 9. The zero-order valence-corrected chi connectivity index (χ0v) is 48.9. The molecule has 0 spiro atoms. The van der Waals surface area contributed by atoms with E-state index >= 15 is 4.79 Å². The predicted octanol–water partition coefficient (Wildman–Crippen LogP) is -2.47. The summed E-state index contributed by atoms with van der Waals surface area (Å²) in [7, 11) is 0. The highest BCUT2D eigenvalue weighted by atomic mass is 16.4. The van der Waals surface area contributed by atoms with Crippen LogP contribution in [-0.2, 0) is 75.3 Å². The minimum atomic E-state index is -1.53. The Balaban J connectivity index is 1.30. The molecule has 476 valence electrons. The highest BCUT2D eigenvalue weighted by Gasteiger charge is 2.36. The van der Waals surface area contributed by atoms with E-state index in [-0.39, 0.29) is 75.3 Å². The molecule has 22 N–H and O–H groups in total. The van der Waals surface area contributed by atoms with Gasteiger partial charge in [0.05, 0.1) is 36.7 Å². The number of imidazole rings is 2. The van der Waals surface area contributed by atoms with Gasteiger partial charge < -0.3 is 95.3 Å². The van der Waals surface area contributed by atoms with Crippen LogP contribution in [0.3, 0.4) is 0 Å². The number of carboxylic acid groups (broad SMARTS) is 1. The zero-order chi connectivity index (χ0) is 64.4. The van der Waals surface area contributed by atoms with Crippen molar-refractivity contribution in [1.82, 2.24) is 72.8 Å². The number of benzene rings is 3. The van der Waals surface area contributed by atoms with E-state index < -0.39 is 114 Å². The van der Waals surface area contributed by atoms with Gasteiger partial charge in [-0.2, -0.15) is 0 Å². The number of unbranched alkanes of at least 4 members (excludes halogenated alkanes) is 1. The molecule has 89 heavy (non-hydrogen) atoms. The lowest BCUT2D eigenvalue weighted by Crippen LogP contribution is -2.61. The second-order valence-corrected chi connectivity index (χ2v) is 21.2. The Bertz CT molecular complexity index is 3310. The average molecular weight is 1230 g/mol. The average Bonchev–Trinajstić information content (AvgIpc) is 4.26. The molecular formula is C59H78N18O12. The van der Waals surface area contributed by atoms with E-state index in [1.54, 1.807) is 42.6 Å². The van der Waals surface area contributed by atoms with Crippen LogP contribution < -0.4 is 65.1 Å². The van der Waals surface area contributed by atoms with Crippen molar-refractivity contribution in [2.24, 2.45) is 17.2 Å². The lowest BCUT2D eigenvalue weighted by atomic mass is 10.0. The van der Waals surface area contributed by atoms with Crippen molar-refractivity contribution in [2.75, 3.05) is 19.6 Å². The number of hydrogen-bond acceptors (Lipinski definition) is 16. The first-order valence-electron chi connectivity index (χ1n) is 28.8. The maximum absolute atomic E-state index is 15.1. The molecule has 0 aliphatic heterocycles. The number of para-hydroxylation sites is 1. The van der Waals surface area contributed by atoms with Crippen molar-refractivity contribution in [1.29, 1.82) is 5.41 Å². The number of hydrogen-bond donors (Lipinski definition) is 19. The first-order chi connectivity index (χ1) is 42.7. The number of guanidine groups is 1. The standard InChI is InChI=1S/C59H78N18O12/c1-33(78)50(61)57(87)68-30-49(80)71-44(23-35-16-18-39(79)19-17-35)52(82)72-42(15-9-21-66-59(62)63)51(81)76-48(26-38-29-65-32-70-38)56(86)74-45(22-34-10-3-2-4-11-34)53(83)75-46(24-36-27-67-41-13-6-5-12-40(36)41)54(84)77-47(25-37-28-64-31-69-37)55(85)73-43(58(88)89)14-7-8-20-60/h2-6,10-13,16-19,27-29,31-33,42-48,50,67,78-79H,7-9,14-15,20-26,30,60-61H2,1H3,(H,64,69)(H,65,70)(H,68,87)(H,71,80)(H,72,82)(H,73,85)(H,74,86)(H,75,83)(H,76,81)(H,77,84)(H,88,89)(H4,62,63,66)/t33-,42+,43+,44+,45+,46+,47-,48-,50+/m1/s1. The smallest absolute Gasteiger partial charge is 0.326 e. The summed E-state index contributed by atoms with van der Waals surface area (Å²) in [5.74, 6) is -8.76. The van der Waals surface area contributed by atoms with Crippen LogP contribution in [0.2, 0.25) is 0 Å². The third-order valence-electron chi connectivity index (χ3n) is 14.3. The molecule has 3 aromatic heterocycles. The zero-order valence-electron chi connectivity index (χ0n) is 48.9. The molecule has 6 rings (SSSR count). The summed E-state index contributed by atoms with van der Waals surface area (Å²) in [4.78, 5) is 144. The van der Waals surface area contributed by atoms with Gasteiger partial charge >= 0.3 is 5.97 Å². The Labute approximate surface area is 511 Å². The number of carbonyl (C=O) groups excluding carboxylic acids is 8. The van der Waals surface area contributed by atoms with Gasteiger partial charge in [-0.05, 0) is 80.5 Å². The summed E-state index contributed by atoms with van der Waals surface area (Å²) in [6.07, 6.45) is 6.02. The number of aromatic hydroxyl groups is 1. The predicted molar refractivity (Wildman–Crippen MR) is 324 cm³/mol. The fourth-order valence-corrected chi connectivity index (χ4v) is 9.44. The molecule has 0 aliphatic carbocycles. The molecular weight excluding hydrogens is 1150 g/mol.